The van der Waals surface area contributed by atoms with Crippen molar-refractivity contribution in [2.75, 3.05) is 11.9 Å². The number of aromatic nitrogens is 1. The first-order valence-electron chi connectivity index (χ1n) is 4.85. The van der Waals surface area contributed by atoms with Crippen molar-refractivity contribution >= 4 is 16.7 Å². The fourth-order valence-electron chi connectivity index (χ4n) is 1.54. The Morgan fingerprint density at radius 3 is 3.00 bits per heavy atom. The molecule has 74 valence electrons. The van der Waals surface area contributed by atoms with E-state index in [1.165, 1.54) is 0 Å². The lowest BCUT2D eigenvalue weighted by molar-refractivity contribution is 1.24. The Bertz CT molecular complexity index is 524. The second-order valence-corrected chi connectivity index (χ2v) is 3.40. The third-order valence-electron chi connectivity index (χ3n) is 2.27. The van der Waals surface area contributed by atoms with E-state index < -0.39 is 0 Å². The van der Waals surface area contributed by atoms with Crippen LogP contribution in [0.4, 0.5) is 5.82 Å². The number of hydrogen-bond acceptors (Lipinski definition) is 2. The lowest BCUT2D eigenvalue weighted by Crippen LogP contribution is -2.02. The van der Waals surface area contributed by atoms with Gasteiger partial charge < -0.3 is 5.32 Å². The molecule has 2 heteroatoms. The Labute approximate surface area is 89.3 Å². The van der Waals surface area contributed by atoms with Gasteiger partial charge in [-0.25, -0.2) is 4.98 Å². The van der Waals surface area contributed by atoms with Gasteiger partial charge in [0.25, 0.3) is 0 Å². The highest BCUT2D eigenvalue weighted by atomic mass is 15.0. The Kier molecular flexibility index (Phi) is 2.55. The molecule has 0 aliphatic rings. The molecule has 0 aliphatic carbocycles. The first-order chi connectivity index (χ1) is 7.31. The third-order valence-corrected chi connectivity index (χ3v) is 2.27. The van der Waals surface area contributed by atoms with Crippen LogP contribution >= 0.6 is 0 Å². The van der Waals surface area contributed by atoms with Crippen molar-refractivity contribution in [2.45, 2.75) is 6.92 Å². The summed E-state index contributed by atoms with van der Waals surface area (Å²) in [5.74, 6) is 3.41. The molecule has 0 aliphatic heterocycles. The molecule has 0 spiro atoms. The number of nitrogens with one attached hydrogen (secondary N) is 1. The van der Waals surface area contributed by atoms with Gasteiger partial charge in [-0.15, -0.1) is 6.42 Å². The van der Waals surface area contributed by atoms with Crippen LogP contribution in [0.15, 0.2) is 30.3 Å². The van der Waals surface area contributed by atoms with Crippen LogP contribution in [-0.2, 0) is 0 Å². The van der Waals surface area contributed by atoms with Gasteiger partial charge in [0.1, 0.15) is 5.82 Å². The standard InChI is InChI=1S/C13H12N2/c1-3-8-14-13-10(2)9-11-6-4-5-7-12(11)15-13/h1,4-7,9H,8H2,2H3,(H,14,15). The van der Waals surface area contributed by atoms with Crippen molar-refractivity contribution in [2.24, 2.45) is 0 Å². The second-order valence-electron chi connectivity index (χ2n) is 3.40. The maximum atomic E-state index is 5.20. The Balaban J connectivity index is 2.48. The molecule has 1 heterocycles. The molecule has 0 fully saturated rings. The summed E-state index contributed by atoms with van der Waals surface area (Å²) in [5, 5.41) is 4.26. The van der Waals surface area contributed by atoms with Gasteiger partial charge in [0.15, 0.2) is 0 Å². The minimum Gasteiger partial charge on any atom is -0.359 e. The topological polar surface area (TPSA) is 24.9 Å². The number of anilines is 1. The normalized spacial score (nSPS) is 9.87. The first-order valence-corrected chi connectivity index (χ1v) is 4.85. The molecule has 0 unspecified atom stereocenters. The molecule has 15 heavy (non-hydrogen) atoms. The Hall–Kier alpha value is -2.01. The molecular formula is C13H12N2. The molecule has 2 rings (SSSR count). The molecule has 2 nitrogen and oxygen atoms in total. The van der Waals surface area contributed by atoms with Crippen LogP contribution < -0.4 is 5.32 Å². The second kappa shape index (κ2) is 4.02. The third kappa shape index (κ3) is 1.92. The molecule has 2 aromatic rings. The highest BCUT2D eigenvalue weighted by Gasteiger charge is 2.01. The zero-order valence-electron chi connectivity index (χ0n) is 8.62. The van der Waals surface area contributed by atoms with Gasteiger partial charge >= 0.3 is 0 Å². The molecule has 0 atom stereocenters. The van der Waals surface area contributed by atoms with E-state index in [9.17, 15) is 0 Å². The summed E-state index contributed by atoms with van der Waals surface area (Å²) in [6.07, 6.45) is 5.20. The van der Waals surface area contributed by atoms with Crippen LogP contribution in [0.25, 0.3) is 10.9 Å². The van der Waals surface area contributed by atoms with E-state index in [4.69, 9.17) is 6.42 Å². The van der Waals surface area contributed by atoms with Crippen LogP contribution in [0.3, 0.4) is 0 Å². The number of terminal acetylenes is 1. The molecule has 1 aromatic carbocycles. The SMILES string of the molecule is C#CCNc1nc2ccccc2cc1C. The van der Waals surface area contributed by atoms with Crippen molar-refractivity contribution in [1.29, 1.82) is 0 Å². The Morgan fingerprint density at radius 1 is 1.40 bits per heavy atom. The Morgan fingerprint density at radius 2 is 2.20 bits per heavy atom. The first kappa shape index (κ1) is 9.54. The quantitative estimate of drug-likeness (QED) is 0.747. The monoisotopic (exact) mass is 196 g/mol. The van der Waals surface area contributed by atoms with Crippen molar-refractivity contribution in [3.63, 3.8) is 0 Å². The van der Waals surface area contributed by atoms with E-state index in [-0.39, 0.29) is 0 Å². The lowest BCUT2D eigenvalue weighted by atomic mass is 10.1. The number of hydrogen-bond donors (Lipinski definition) is 1. The van der Waals surface area contributed by atoms with E-state index in [1.54, 1.807) is 0 Å². The van der Waals surface area contributed by atoms with Gasteiger partial charge in [-0.1, -0.05) is 24.1 Å². The van der Waals surface area contributed by atoms with Gasteiger partial charge in [0.05, 0.1) is 12.1 Å². The number of aryl methyl sites for hydroxylation is 1. The molecule has 1 aromatic heterocycles. The van der Waals surface area contributed by atoms with E-state index in [0.717, 1.165) is 22.3 Å². The zero-order chi connectivity index (χ0) is 10.7. The summed E-state index contributed by atoms with van der Waals surface area (Å²) in [6.45, 7) is 2.53. The number of rotatable bonds is 2. The van der Waals surface area contributed by atoms with Crippen LogP contribution in [0.1, 0.15) is 5.56 Å². The average molecular weight is 196 g/mol. The molecule has 1 N–H and O–H groups in total. The highest BCUT2D eigenvalue weighted by molar-refractivity contribution is 5.81. The largest absolute Gasteiger partial charge is 0.359 e. The average Bonchev–Trinajstić information content (AvgIpc) is 2.26. The fourth-order valence-corrected chi connectivity index (χ4v) is 1.54. The summed E-state index contributed by atoms with van der Waals surface area (Å²) in [6, 6.07) is 10.2. The molecular weight excluding hydrogens is 184 g/mol. The van der Waals surface area contributed by atoms with E-state index in [1.807, 2.05) is 25.1 Å². The summed E-state index contributed by atoms with van der Waals surface area (Å²) >= 11 is 0. The number of nitrogens with zero attached hydrogens (tertiary/aromatic N) is 1. The van der Waals surface area contributed by atoms with Crippen molar-refractivity contribution in [1.82, 2.24) is 4.98 Å². The van der Waals surface area contributed by atoms with Gasteiger partial charge in [0.2, 0.25) is 0 Å². The number of para-hydroxylation sites is 1. The van der Waals surface area contributed by atoms with Crippen molar-refractivity contribution < 1.29 is 0 Å². The van der Waals surface area contributed by atoms with Gasteiger partial charge in [-0.2, -0.15) is 0 Å². The zero-order valence-corrected chi connectivity index (χ0v) is 8.62. The van der Waals surface area contributed by atoms with E-state index in [2.05, 4.69) is 28.4 Å². The molecule has 0 amide bonds. The predicted molar refractivity (Wildman–Crippen MR) is 63.8 cm³/mol. The number of benzene rings is 1. The summed E-state index contributed by atoms with van der Waals surface area (Å²) in [5.41, 5.74) is 2.10. The van der Waals surface area contributed by atoms with Gasteiger partial charge in [-0.3, -0.25) is 0 Å². The number of fused-ring (bicyclic) bond motifs is 1. The van der Waals surface area contributed by atoms with E-state index >= 15 is 0 Å². The fraction of sp³-hybridized carbons (Fsp3) is 0.154. The molecule has 0 bridgehead atoms. The van der Waals surface area contributed by atoms with Gasteiger partial charge in [0, 0.05) is 5.39 Å². The highest BCUT2D eigenvalue weighted by Crippen LogP contribution is 2.18. The van der Waals surface area contributed by atoms with Crippen LogP contribution in [0.2, 0.25) is 0 Å². The summed E-state index contributed by atoms with van der Waals surface area (Å²) in [4.78, 5) is 4.51. The minimum atomic E-state index is 0.506. The molecule has 0 radical (unpaired) electrons. The maximum Gasteiger partial charge on any atom is 0.130 e. The summed E-state index contributed by atoms with van der Waals surface area (Å²) in [7, 11) is 0. The van der Waals surface area contributed by atoms with Crippen LogP contribution in [0.5, 0.6) is 0 Å². The summed E-state index contributed by atoms with van der Waals surface area (Å²) < 4.78 is 0. The maximum absolute atomic E-state index is 5.20. The van der Waals surface area contributed by atoms with E-state index in [0.29, 0.717) is 6.54 Å². The van der Waals surface area contributed by atoms with Crippen molar-refractivity contribution in [3.05, 3.63) is 35.9 Å². The van der Waals surface area contributed by atoms with Crippen molar-refractivity contribution in [3.8, 4) is 12.3 Å². The minimum absolute atomic E-state index is 0.506. The molecule has 0 saturated carbocycles. The lowest BCUT2D eigenvalue weighted by Gasteiger charge is -2.07. The smallest absolute Gasteiger partial charge is 0.130 e. The van der Waals surface area contributed by atoms with Gasteiger partial charge in [-0.05, 0) is 24.6 Å². The van der Waals surface area contributed by atoms with Crippen LogP contribution in [-0.4, -0.2) is 11.5 Å². The van der Waals surface area contributed by atoms with Crippen LogP contribution in [0, 0.1) is 19.3 Å². The molecule has 0 saturated heterocycles. The predicted octanol–water partition coefficient (Wildman–Crippen LogP) is 2.59. The number of pyridine rings is 1.